The van der Waals surface area contributed by atoms with Gasteiger partial charge in [0.15, 0.2) is 0 Å². The van der Waals surface area contributed by atoms with Crippen LogP contribution in [0.5, 0.6) is 5.75 Å². The Morgan fingerprint density at radius 3 is 2.52 bits per heavy atom. The van der Waals surface area contributed by atoms with Gasteiger partial charge in [-0.2, -0.15) is 0 Å². The van der Waals surface area contributed by atoms with Crippen molar-refractivity contribution in [3.63, 3.8) is 0 Å². The van der Waals surface area contributed by atoms with Crippen LogP contribution in [0.15, 0.2) is 72.8 Å². The number of hydrogen-bond donors (Lipinski definition) is 1. The van der Waals surface area contributed by atoms with Gasteiger partial charge in [-0.25, -0.2) is 0 Å². The van der Waals surface area contributed by atoms with Crippen LogP contribution >= 0.6 is 0 Å². The standard InChI is InChI=1S/C26H26N2O3/c1-3-31-23-12-9-20(10-13-23)18(2)27-26(30)21-11-14-24-22(15-21)16-25(29)28(24)17-19-7-5-4-6-8-19/h4-15,18H,3,16-17H2,1-2H3,(H,27,30)/t18-/m1/s1. The van der Waals surface area contributed by atoms with Crippen LogP contribution in [0.25, 0.3) is 0 Å². The van der Waals surface area contributed by atoms with Crippen LogP contribution < -0.4 is 15.0 Å². The summed E-state index contributed by atoms with van der Waals surface area (Å²) in [5.74, 6) is 0.713. The molecule has 0 saturated heterocycles. The Labute approximate surface area is 182 Å². The molecule has 1 heterocycles. The number of amides is 2. The van der Waals surface area contributed by atoms with Gasteiger partial charge in [0, 0.05) is 11.3 Å². The predicted octanol–water partition coefficient (Wildman–Crippen LogP) is 4.67. The third-order valence-electron chi connectivity index (χ3n) is 5.50. The van der Waals surface area contributed by atoms with E-state index in [0.717, 1.165) is 28.1 Å². The SMILES string of the molecule is CCOc1ccc([C@@H](C)NC(=O)c2ccc3c(c2)CC(=O)N3Cc2ccccc2)cc1. The highest BCUT2D eigenvalue weighted by Gasteiger charge is 2.28. The molecule has 1 atom stereocenters. The number of rotatable bonds is 7. The minimum absolute atomic E-state index is 0.0548. The maximum atomic E-state index is 12.8. The highest BCUT2D eigenvalue weighted by atomic mass is 16.5. The molecular formula is C26H26N2O3. The van der Waals surface area contributed by atoms with Gasteiger partial charge in [0.05, 0.1) is 25.6 Å². The molecule has 158 valence electrons. The summed E-state index contributed by atoms with van der Waals surface area (Å²) >= 11 is 0. The molecule has 0 fully saturated rings. The van der Waals surface area contributed by atoms with Crippen LogP contribution in [0.1, 0.15) is 46.9 Å². The van der Waals surface area contributed by atoms with Crippen molar-refractivity contribution in [2.24, 2.45) is 0 Å². The summed E-state index contributed by atoms with van der Waals surface area (Å²) in [6.45, 7) is 5.05. The number of anilines is 1. The molecule has 0 unspecified atom stereocenters. The summed E-state index contributed by atoms with van der Waals surface area (Å²) in [7, 11) is 0. The first-order chi connectivity index (χ1) is 15.0. The highest BCUT2D eigenvalue weighted by Crippen LogP contribution is 2.31. The zero-order valence-corrected chi connectivity index (χ0v) is 17.8. The summed E-state index contributed by atoms with van der Waals surface area (Å²) in [5, 5.41) is 3.04. The second kappa shape index (κ2) is 9.04. The summed E-state index contributed by atoms with van der Waals surface area (Å²) in [6.07, 6.45) is 0.317. The van der Waals surface area contributed by atoms with Gasteiger partial charge >= 0.3 is 0 Å². The predicted molar refractivity (Wildman–Crippen MR) is 121 cm³/mol. The van der Waals surface area contributed by atoms with Gasteiger partial charge in [-0.3, -0.25) is 9.59 Å². The number of hydrogen-bond acceptors (Lipinski definition) is 3. The van der Waals surface area contributed by atoms with Crippen LogP contribution in [0.3, 0.4) is 0 Å². The maximum Gasteiger partial charge on any atom is 0.251 e. The number of fused-ring (bicyclic) bond motifs is 1. The highest BCUT2D eigenvalue weighted by molar-refractivity contribution is 6.03. The van der Waals surface area contributed by atoms with E-state index in [1.54, 1.807) is 11.0 Å². The molecule has 2 amide bonds. The Kier molecular flexibility index (Phi) is 6.03. The summed E-state index contributed by atoms with van der Waals surface area (Å²) in [5.41, 5.74) is 4.41. The molecule has 3 aromatic carbocycles. The van der Waals surface area contributed by atoms with E-state index in [-0.39, 0.29) is 17.9 Å². The third kappa shape index (κ3) is 4.61. The van der Waals surface area contributed by atoms with E-state index >= 15 is 0 Å². The van der Waals surface area contributed by atoms with E-state index in [4.69, 9.17) is 4.74 Å². The first-order valence-corrected chi connectivity index (χ1v) is 10.6. The number of nitrogens with zero attached hydrogens (tertiary/aromatic N) is 1. The van der Waals surface area contributed by atoms with Crippen molar-refractivity contribution in [2.75, 3.05) is 11.5 Å². The lowest BCUT2D eigenvalue weighted by Crippen LogP contribution is -2.27. The fourth-order valence-corrected chi connectivity index (χ4v) is 3.85. The monoisotopic (exact) mass is 414 g/mol. The van der Waals surface area contributed by atoms with Crippen LogP contribution in [0.2, 0.25) is 0 Å². The van der Waals surface area contributed by atoms with Gasteiger partial charge < -0.3 is 15.0 Å². The molecule has 1 aliphatic rings. The van der Waals surface area contributed by atoms with Gasteiger partial charge in [0.1, 0.15) is 5.75 Å². The largest absolute Gasteiger partial charge is 0.494 e. The molecule has 5 nitrogen and oxygen atoms in total. The molecule has 0 radical (unpaired) electrons. The second-order valence-electron chi connectivity index (χ2n) is 7.68. The molecule has 0 saturated carbocycles. The molecular weight excluding hydrogens is 388 g/mol. The molecule has 0 aliphatic carbocycles. The Balaban J connectivity index is 1.45. The lowest BCUT2D eigenvalue weighted by Gasteiger charge is -2.18. The zero-order valence-electron chi connectivity index (χ0n) is 17.8. The lowest BCUT2D eigenvalue weighted by molar-refractivity contribution is -0.117. The number of nitrogens with one attached hydrogen (secondary N) is 1. The number of carbonyl (C=O) groups is 2. The van der Waals surface area contributed by atoms with Crippen LogP contribution in [0.4, 0.5) is 5.69 Å². The van der Waals surface area contributed by atoms with Crippen molar-refractivity contribution in [3.05, 3.63) is 95.1 Å². The zero-order chi connectivity index (χ0) is 21.8. The minimum Gasteiger partial charge on any atom is -0.494 e. The molecule has 4 rings (SSSR count). The van der Waals surface area contributed by atoms with E-state index in [9.17, 15) is 9.59 Å². The van der Waals surface area contributed by atoms with E-state index in [1.807, 2.05) is 80.6 Å². The fraction of sp³-hybridized carbons (Fsp3) is 0.231. The van der Waals surface area contributed by atoms with Crippen molar-refractivity contribution < 1.29 is 14.3 Å². The van der Waals surface area contributed by atoms with Crippen molar-refractivity contribution in [2.45, 2.75) is 32.9 Å². The topological polar surface area (TPSA) is 58.6 Å². The molecule has 5 heteroatoms. The van der Waals surface area contributed by atoms with E-state index in [2.05, 4.69) is 5.32 Å². The number of carbonyl (C=O) groups excluding carboxylic acids is 2. The molecule has 0 spiro atoms. The van der Waals surface area contributed by atoms with Crippen molar-refractivity contribution in [1.29, 1.82) is 0 Å². The average molecular weight is 415 g/mol. The summed E-state index contributed by atoms with van der Waals surface area (Å²) in [4.78, 5) is 27.2. The van der Waals surface area contributed by atoms with Crippen LogP contribution in [-0.2, 0) is 17.8 Å². The molecule has 0 aromatic heterocycles. The summed E-state index contributed by atoms with van der Waals surface area (Å²) in [6, 6.07) is 23.0. The van der Waals surface area contributed by atoms with Gasteiger partial charge in [0.2, 0.25) is 5.91 Å². The van der Waals surface area contributed by atoms with Crippen molar-refractivity contribution in [3.8, 4) is 5.75 Å². The second-order valence-corrected chi connectivity index (χ2v) is 7.68. The van der Waals surface area contributed by atoms with Crippen LogP contribution in [0, 0.1) is 0 Å². The number of ether oxygens (including phenoxy) is 1. The molecule has 3 aromatic rings. The van der Waals surface area contributed by atoms with Crippen molar-refractivity contribution >= 4 is 17.5 Å². The molecule has 1 N–H and O–H groups in total. The molecule has 31 heavy (non-hydrogen) atoms. The summed E-state index contributed by atoms with van der Waals surface area (Å²) < 4.78 is 5.47. The normalized spacial score (nSPS) is 13.6. The van der Waals surface area contributed by atoms with E-state index < -0.39 is 0 Å². The fourth-order valence-electron chi connectivity index (χ4n) is 3.85. The van der Waals surface area contributed by atoms with E-state index in [0.29, 0.717) is 25.1 Å². The van der Waals surface area contributed by atoms with Gasteiger partial charge in [-0.15, -0.1) is 0 Å². The smallest absolute Gasteiger partial charge is 0.251 e. The number of benzene rings is 3. The van der Waals surface area contributed by atoms with Gasteiger partial charge in [-0.1, -0.05) is 42.5 Å². The molecule has 1 aliphatic heterocycles. The Bertz CT molecular complexity index is 1080. The average Bonchev–Trinajstić information content (AvgIpc) is 3.09. The Morgan fingerprint density at radius 1 is 1.06 bits per heavy atom. The van der Waals surface area contributed by atoms with Gasteiger partial charge in [-0.05, 0) is 60.9 Å². The van der Waals surface area contributed by atoms with Crippen LogP contribution in [-0.4, -0.2) is 18.4 Å². The lowest BCUT2D eigenvalue weighted by atomic mass is 10.1. The van der Waals surface area contributed by atoms with Gasteiger partial charge in [0.25, 0.3) is 5.91 Å². The first-order valence-electron chi connectivity index (χ1n) is 10.6. The molecule has 0 bridgehead atoms. The Hall–Kier alpha value is -3.60. The van der Waals surface area contributed by atoms with E-state index in [1.165, 1.54) is 0 Å². The maximum absolute atomic E-state index is 12.8. The third-order valence-corrected chi connectivity index (χ3v) is 5.50. The minimum atomic E-state index is -0.154. The van der Waals surface area contributed by atoms with Crippen molar-refractivity contribution in [1.82, 2.24) is 5.32 Å². The quantitative estimate of drug-likeness (QED) is 0.611. The Morgan fingerprint density at radius 2 is 1.81 bits per heavy atom. The first kappa shape index (κ1) is 20.7.